The molecule has 8 heteroatoms. The standard InChI is InChI=1S/C20H24N4O3S/c1-15-21-22(2)20(25)19-13-18(14-24(15)19)28(26,27)23-10-8-17(9-11-23)12-16-6-4-3-5-7-16/h3-7,13-14,17H,8-12H2,1-2H3. The number of piperidine rings is 1. The molecule has 4 rings (SSSR count). The molecule has 1 fully saturated rings. The molecule has 0 amide bonds. The normalized spacial score (nSPS) is 16.6. The number of hydrogen-bond donors (Lipinski definition) is 0. The Morgan fingerprint density at radius 2 is 1.82 bits per heavy atom. The summed E-state index contributed by atoms with van der Waals surface area (Å²) in [4.78, 5) is 12.4. The molecule has 1 aromatic carbocycles. The fourth-order valence-electron chi connectivity index (χ4n) is 3.94. The number of aromatic nitrogens is 3. The second kappa shape index (κ2) is 7.18. The molecule has 0 aliphatic carbocycles. The maximum absolute atomic E-state index is 13.1. The monoisotopic (exact) mass is 400 g/mol. The van der Waals surface area contributed by atoms with Gasteiger partial charge in [0.25, 0.3) is 5.56 Å². The molecular weight excluding hydrogens is 376 g/mol. The first kappa shape index (κ1) is 18.9. The van der Waals surface area contributed by atoms with E-state index in [0.717, 1.165) is 19.3 Å². The zero-order chi connectivity index (χ0) is 19.9. The van der Waals surface area contributed by atoms with Crippen LogP contribution in [0.1, 0.15) is 24.2 Å². The minimum atomic E-state index is -3.63. The predicted molar refractivity (Wildman–Crippen MR) is 107 cm³/mol. The third-order valence-electron chi connectivity index (χ3n) is 5.53. The third kappa shape index (κ3) is 3.38. The van der Waals surface area contributed by atoms with Gasteiger partial charge in [-0.3, -0.25) is 9.20 Å². The largest absolute Gasteiger partial charge is 0.298 e. The van der Waals surface area contributed by atoms with Gasteiger partial charge in [0.05, 0.1) is 0 Å². The van der Waals surface area contributed by atoms with Gasteiger partial charge in [0, 0.05) is 26.3 Å². The number of fused-ring (bicyclic) bond motifs is 1. The summed E-state index contributed by atoms with van der Waals surface area (Å²) in [7, 11) is -2.07. The summed E-state index contributed by atoms with van der Waals surface area (Å²) in [6.45, 7) is 2.75. The summed E-state index contributed by atoms with van der Waals surface area (Å²) in [5, 5.41) is 4.12. The van der Waals surface area contributed by atoms with E-state index in [1.807, 2.05) is 18.2 Å². The lowest BCUT2D eigenvalue weighted by atomic mass is 9.91. The van der Waals surface area contributed by atoms with Gasteiger partial charge in [-0.25, -0.2) is 13.1 Å². The van der Waals surface area contributed by atoms with Crippen molar-refractivity contribution < 1.29 is 8.42 Å². The average Bonchev–Trinajstić information content (AvgIpc) is 3.15. The van der Waals surface area contributed by atoms with Crippen LogP contribution in [0, 0.1) is 12.8 Å². The second-order valence-corrected chi connectivity index (χ2v) is 9.38. The van der Waals surface area contributed by atoms with Gasteiger partial charge in [0.1, 0.15) is 16.2 Å². The van der Waals surface area contributed by atoms with Crippen LogP contribution in [0.3, 0.4) is 0 Å². The van der Waals surface area contributed by atoms with Crippen molar-refractivity contribution in [2.24, 2.45) is 13.0 Å². The van der Waals surface area contributed by atoms with Crippen molar-refractivity contribution in [1.29, 1.82) is 0 Å². The minimum Gasteiger partial charge on any atom is -0.298 e. The highest BCUT2D eigenvalue weighted by atomic mass is 32.2. The molecule has 148 valence electrons. The van der Waals surface area contributed by atoms with Crippen LogP contribution in [0.5, 0.6) is 0 Å². The van der Waals surface area contributed by atoms with E-state index >= 15 is 0 Å². The topological polar surface area (TPSA) is 76.7 Å². The van der Waals surface area contributed by atoms with Crippen LogP contribution in [-0.2, 0) is 23.5 Å². The van der Waals surface area contributed by atoms with Crippen LogP contribution in [0.25, 0.3) is 5.52 Å². The number of sulfonamides is 1. The molecule has 0 N–H and O–H groups in total. The molecule has 1 aliphatic rings. The molecule has 0 unspecified atom stereocenters. The van der Waals surface area contributed by atoms with Crippen molar-refractivity contribution in [3.63, 3.8) is 0 Å². The van der Waals surface area contributed by atoms with Gasteiger partial charge in [-0.1, -0.05) is 30.3 Å². The van der Waals surface area contributed by atoms with E-state index in [0.29, 0.717) is 30.3 Å². The maximum Gasteiger partial charge on any atom is 0.290 e. The Morgan fingerprint density at radius 1 is 1.14 bits per heavy atom. The van der Waals surface area contributed by atoms with E-state index in [9.17, 15) is 13.2 Å². The van der Waals surface area contributed by atoms with Crippen molar-refractivity contribution in [3.05, 3.63) is 64.3 Å². The lowest BCUT2D eigenvalue weighted by Crippen LogP contribution is -2.38. The van der Waals surface area contributed by atoms with Gasteiger partial charge in [0.15, 0.2) is 0 Å². The Kier molecular flexibility index (Phi) is 4.84. The Balaban J connectivity index is 1.53. The zero-order valence-electron chi connectivity index (χ0n) is 16.1. The van der Waals surface area contributed by atoms with E-state index in [1.54, 1.807) is 18.4 Å². The Bertz CT molecular complexity index is 1160. The molecule has 1 saturated heterocycles. The molecule has 1 aliphatic heterocycles. The highest BCUT2D eigenvalue weighted by Crippen LogP contribution is 2.27. The molecular formula is C20H24N4O3S. The van der Waals surface area contributed by atoms with Crippen LogP contribution < -0.4 is 5.56 Å². The Morgan fingerprint density at radius 3 is 2.50 bits per heavy atom. The summed E-state index contributed by atoms with van der Waals surface area (Å²) in [5.41, 5.74) is 1.31. The SMILES string of the molecule is Cc1nn(C)c(=O)c2cc(S(=O)(=O)N3CCC(Cc4ccccc4)CC3)cn12. The lowest BCUT2D eigenvalue weighted by molar-refractivity contribution is 0.273. The van der Waals surface area contributed by atoms with E-state index in [4.69, 9.17) is 0 Å². The first-order valence-corrected chi connectivity index (χ1v) is 10.9. The number of hydrogen-bond acceptors (Lipinski definition) is 4. The maximum atomic E-state index is 13.1. The van der Waals surface area contributed by atoms with Gasteiger partial charge >= 0.3 is 0 Å². The Labute approximate surface area is 164 Å². The minimum absolute atomic E-state index is 0.155. The average molecular weight is 401 g/mol. The molecule has 0 bridgehead atoms. The third-order valence-corrected chi connectivity index (χ3v) is 7.39. The van der Waals surface area contributed by atoms with Crippen molar-refractivity contribution in [3.8, 4) is 0 Å². The molecule has 3 heterocycles. The molecule has 0 radical (unpaired) electrons. The van der Waals surface area contributed by atoms with Gasteiger partial charge in [0.2, 0.25) is 10.0 Å². The van der Waals surface area contributed by atoms with Crippen molar-refractivity contribution in [2.75, 3.05) is 13.1 Å². The first-order valence-electron chi connectivity index (χ1n) is 9.46. The molecule has 2 aromatic heterocycles. The smallest absolute Gasteiger partial charge is 0.290 e. The van der Waals surface area contributed by atoms with Crippen LogP contribution >= 0.6 is 0 Å². The first-order chi connectivity index (χ1) is 13.4. The van der Waals surface area contributed by atoms with Gasteiger partial charge < -0.3 is 0 Å². The molecule has 0 atom stereocenters. The lowest BCUT2D eigenvalue weighted by Gasteiger charge is -2.31. The quantitative estimate of drug-likeness (QED) is 0.671. The number of benzene rings is 1. The molecule has 7 nitrogen and oxygen atoms in total. The Hall–Kier alpha value is -2.45. The summed E-state index contributed by atoms with van der Waals surface area (Å²) in [6.07, 6.45) is 4.16. The van der Waals surface area contributed by atoms with Gasteiger partial charge in [-0.05, 0) is 43.7 Å². The van der Waals surface area contributed by atoms with Gasteiger partial charge in [-0.2, -0.15) is 9.40 Å². The van der Waals surface area contributed by atoms with Crippen LogP contribution in [0.2, 0.25) is 0 Å². The zero-order valence-corrected chi connectivity index (χ0v) is 16.9. The van der Waals surface area contributed by atoms with E-state index in [2.05, 4.69) is 17.2 Å². The number of aryl methyl sites for hydroxylation is 2. The van der Waals surface area contributed by atoms with Crippen LogP contribution in [0.15, 0.2) is 52.3 Å². The number of rotatable bonds is 4. The van der Waals surface area contributed by atoms with Crippen LogP contribution in [0.4, 0.5) is 0 Å². The predicted octanol–water partition coefficient (Wildman–Crippen LogP) is 1.98. The summed E-state index contributed by atoms with van der Waals surface area (Å²) in [5.74, 6) is 1.06. The van der Waals surface area contributed by atoms with Crippen molar-refractivity contribution >= 4 is 15.5 Å². The molecule has 28 heavy (non-hydrogen) atoms. The molecule has 0 spiro atoms. The summed E-state index contributed by atoms with van der Waals surface area (Å²) >= 11 is 0. The van der Waals surface area contributed by atoms with Crippen molar-refractivity contribution in [2.45, 2.75) is 31.1 Å². The highest BCUT2D eigenvalue weighted by Gasteiger charge is 2.30. The fourth-order valence-corrected chi connectivity index (χ4v) is 5.43. The number of nitrogens with zero attached hydrogens (tertiary/aromatic N) is 4. The summed E-state index contributed by atoms with van der Waals surface area (Å²) < 4.78 is 30.5. The van der Waals surface area contributed by atoms with Crippen LogP contribution in [-0.4, -0.2) is 40.0 Å². The summed E-state index contributed by atoms with van der Waals surface area (Å²) in [6, 6.07) is 11.8. The van der Waals surface area contributed by atoms with Crippen molar-refractivity contribution in [1.82, 2.24) is 18.5 Å². The van der Waals surface area contributed by atoms with E-state index in [-0.39, 0.29) is 10.5 Å². The molecule has 3 aromatic rings. The fraction of sp³-hybridized carbons (Fsp3) is 0.400. The molecule has 0 saturated carbocycles. The van der Waals surface area contributed by atoms with E-state index < -0.39 is 10.0 Å². The second-order valence-electron chi connectivity index (χ2n) is 7.44. The highest BCUT2D eigenvalue weighted by molar-refractivity contribution is 7.89. The van der Waals surface area contributed by atoms with E-state index in [1.165, 1.54) is 26.8 Å². The van der Waals surface area contributed by atoms with Gasteiger partial charge in [-0.15, -0.1) is 0 Å².